The summed E-state index contributed by atoms with van der Waals surface area (Å²) in [7, 11) is 0. The minimum atomic E-state index is -0.116. The number of ketones is 1. The van der Waals surface area contributed by atoms with Crippen LogP contribution < -0.4 is 5.73 Å². The molecule has 0 aliphatic rings. The van der Waals surface area contributed by atoms with Crippen LogP contribution in [0.25, 0.3) is 5.78 Å². The van der Waals surface area contributed by atoms with Crippen molar-refractivity contribution in [3.05, 3.63) is 29.8 Å². The summed E-state index contributed by atoms with van der Waals surface area (Å²) in [4.78, 5) is 19.9. The molecule has 16 heavy (non-hydrogen) atoms. The first kappa shape index (κ1) is 10.8. The zero-order valence-corrected chi connectivity index (χ0v) is 9.34. The minimum Gasteiger partial charge on any atom is -0.324 e. The van der Waals surface area contributed by atoms with Crippen LogP contribution in [0.2, 0.25) is 0 Å². The van der Waals surface area contributed by atoms with Gasteiger partial charge in [0.2, 0.25) is 5.78 Å². The van der Waals surface area contributed by atoms with Gasteiger partial charge in [0.15, 0.2) is 5.78 Å². The first-order valence-electron chi connectivity index (χ1n) is 5.19. The zero-order chi connectivity index (χ0) is 11.7. The van der Waals surface area contributed by atoms with E-state index >= 15 is 0 Å². The highest BCUT2D eigenvalue weighted by Crippen LogP contribution is 2.13. The molecule has 84 valence electrons. The summed E-state index contributed by atoms with van der Waals surface area (Å²) in [5.74, 6) is 0.835. The number of hydrogen-bond acceptors (Lipinski definition) is 4. The molecule has 0 atom stereocenters. The highest BCUT2D eigenvalue weighted by atomic mass is 16.1. The van der Waals surface area contributed by atoms with Crippen molar-refractivity contribution in [2.24, 2.45) is 5.73 Å². The fraction of sp³-hybridized carbons (Fsp3) is 0.364. The van der Waals surface area contributed by atoms with E-state index in [9.17, 15) is 4.79 Å². The number of hydrogen-bond donors (Lipinski definition) is 1. The third-order valence-electron chi connectivity index (χ3n) is 2.43. The van der Waals surface area contributed by atoms with E-state index in [4.69, 9.17) is 5.73 Å². The number of fused-ring (bicyclic) bond motifs is 1. The van der Waals surface area contributed by atoms with Crippen LogP contribution in [0, 0.1) is 0 Å². The Morgan fingerprint density at radius 3 is 2.88 bits per heavy atom. The molecule has 5 nitrogen and oxygen atoms in total. The van der Waals surface area contributed by atoms with Crippen molar-refractivity contribution >= 4 is 11.6 Å². The lowest BCUT2D eigenvalue weighted by Crippen LogP contribution is -2.14. The van der Waals surface area contributed by atoms with Crippen LogP contribution in [0.1, 0.15) is 35.8 Å². The van der Waals surface area contributed by atoms with Crippen molar-refractivity contribution < 1.29 is 4.79 Å². The second-order valence-corrected chi connectivity index (χ2v) is 4.00. The average Bonchev–Trinajstić information content (AvgIpc) is 2.70. The van der Waals surface area contributed by atoms with E-state index in [1.165, 1.54) is 6.20 Å². The van der Waals surface area contributed by atoms with Gasteiger partial charge in [0.05, 0.1) is 17.8 Å². The highest BCUT2D eigenvalue weighted by Gasteiger charge is 2.09. The summed E-state index contributed by atoms with van der Waals surface area (Å²) >= 11 is 0. The number of nitrogens with two attached hydrogens (primary N) is 1. The van der Waals surface area contributed by atoms with E-state index in [1.807, 2.05) is 6.20 Å². The van der Waals surface area contributed by atoms with Gasteiger partial charge in [-0.2, -0.15) is 0 Å². The van der Waals surface area contributed by atoms with Gasteiger partial charge in [-0.15, -0.1) is 0 Å². The molecular weight excluding hydrogens is 204 g/mol. The first-order chi connectivity index (χ1) is 7.61. The Hall–Kier alpha value is -1.75. The zero-order valence-electron chi connectivity index (χ0n) is 9.34. The van der Waals surface area contributed by atoms with Gasteiger partial charge in [-0.05, 0) is 5.92 Å². The summed E-state index contributed by atoms with van der Waals surface area (Å²) in [6.45, 7) is 4.13. The molecular formula is C11H14N4O. The average molecular weight is 218 g/mol. The molecule has 2 heterocycles. The predicted octanol–water partition coefficient (Wildman–Crippen LogP) is 0.994. The van der Waals surface area contributed by atoms with E-state index < -0.39 is 0 Å². The van der Waals surface area contributed by atoms with Crippen LogP contribution in [0.4, 0.5) is 0 Å². The van der Waals surface area contributed by atoms with Crippen molar-refractivity contribution in [2.75, 3.05) is 6.54 Å². The Kier molecular flexibility index (Phi) is 2.70. The van der Waals surface area contributed by atoms with Gasteiger partial charge < -0.3 is 5.73 Å². The lowest BCUT2D eigenvalue weighted by atomic mass is 10.2. The number of Topliss-reactive ketones (excluding diaryl/α,β-unsaturated/α-hetero) is 1. The van der Waals surface area contributed by atoms with E-state index in [1.54, 1.807) is 10.6 Å². The largest absolute Gasteiger partial charge is 0.324 e. The summed E-state index contributed by atoms with van der Waals surface area (Å²) in [5.41, 5.74) is 6.78. The Balaban J connectivity index is 2.49. The molecule has 2 rings (SSSR count). The minimum absolute atomic E-state index is 0.00107. The molecule has 5 heteroatoms. The van der Waals surface area contributed by atoms with Gasteiger partial charge in [0.1, 0.15) is 0 Å². The molecule has 0 fully saturated rings. The van der Waals surface area contributed by atoms with E-state index in [0.717, 1.165) is 5.69 Å². The van der Waals surface area contributed by atoms with Gasteiger partial charge in [-0.1, -0.05) is 13.8 Å². The molecule has 0 bridgehead atoms. The number of aromatic nitrogens is 3. The lowest BCUT2D eigenvalue weighted by molar-refractivity contribution is 0.100. The molecule has 0 amide bonds. The normalized spacial score (nSPS) is 11.2. The lowest BCUT2D eigenvalue weighted by Gasteiger charge is -1.97. The van der Waals surface area contributed by atoms with Crippen LogP contribution >= 0.6 is 0 Å². The molecule has 0 saturated carbocycles. The Labute approximate surface area is 93.3 Å². The van der Waals surface area contributed by atoms with E-state index in [2.05, 4.69) is 23.8 Å². The first-order valence-corrected chi connectivity index (χ1v) is 5.19. The summed E-state index contributed by atoms with van der Waals surface area (Å²) in [5, 5.41) is 0. The van der Waals surface area contributed by atoms with Gasteiger partial charge in [0, 0.05) is 18.6 Å². The highest BCUT2D eigenvalue weighted by molar-refractivity contribution is 5.97. The summed E-state index contributed by atoms with van der Waals surface area (Å²) in [6, 6.07) is 0. The van der Waals surface area contributed by atoms with Crippen molar-refractivity contribution in [3.63, 3.8) is 0 Å². The second kappa shape index (κ2) is 4.02. The predicted molar refractivity (Wildman–Crippen MR) is 60.5 cm³/mol. The standard InChI is InChI=1S/C11H14N4O/c1-7(2)9-6-15-5-8(10(16)3-12)4-13-11(15)14-9/h4-7H,3,12H2,1-2H3. The fourth-order valence-electron chi connectivity index (χ4n) is 1.44. The molecule has 0 spiro atoms. The maximum atomic E-state index is 11.4. The maximum Gasteiger partial charge on any atom is 0.233 e. The van der Waals surface area contributed by atoms with Crippen LogP contribution in [0.5, 0.6) is 0 Å². The topological polar surface area (TPSA) is 73.3 Å². The van der Waals surface area contributed by atoms with Crippen LogP contribution in [0.15, 0.2) is 18.6 Å². The quantitative estimate of drug-likeness (QED) is 0.780. The number of imidazole rings is 1. The Bertz CT molecular complexity index is 530. The number of carbonyl (C=O) groups excluding carboxylic acids is 1. The maximum absolute atomic E-state index is 11.4. The summed E-state index contributed by atoms with van der Waals surface area (Å²) < 4.78 is 1.76. The molecule has 0 aromatic carbocycles. The molecule has 0 saturated heterocycles. The van der Waals surface area contributed by atoms with E-state index in [0.29, 0.717) is 17.3 Å². The van der Waals surface area contributed by atoms with Crippen LogP contribution in [0.3, 0.4) is 0 Å². The van der Waals surface area contributed by atoms with Gasteiger partial charge >= 0.3 is 0 Å². The van der Waals surface area contributed by atoms with Crippen molar-refractivity contribution in [1.29, 1.82) is 0 Å². The molecule has 0 unspecified atom stereocenters. The van der Waals surface area contributed by atoms with Crippen molar-refractivity contribution in [2.45, 2.75) is 19.8 Å². The van der Waals surface area contributed by atoms with Gasteiger partial charge in [-0.3, -0.25) is 9.20 Å². The molecule has 0 radical (unpaired) electrons. The fourth-order valence-corrected chi connectivity index (χ4v) is 1.44. The number of carbonyl (C=O) groups is 1. The molecule has 2 aromatic heterocycles. The third-order valence-corrected chi connectivity index (χ3v) is 2.43. The van der Waals surface area contributed by atoms with Crippen molar-refractivity contribution in [1.82, 2.24) is 14.4 Å². The summed E-state index contributed by atoms with van der Waals surface area (Å²) in [6.07, 6.45) is 5.12. The van der Waals surface area contributed by atoms with Crippen LogP contribution in [-0.2, 0) is 0 Å². The number of nitrogens with zero attached hydrogens (tertiary/aromatic N) is 3. The number of rotatable bonds is 3. The Morgan fingerprint density at radius 2 is 2.25 bits per heavy atom. The molecule has 0 aliphatic carbocycles. The van der Waals surface area contributed by atoms with E-state index in [-0.39, 0.29) is 12.3 Å². The molecule has 2 aromatic rings. The van der Waals surface area contributed by atoms with Crippen molar-refractivity contribution in [3.8, 4) is 0 Å². The molecule has 2 N–H and O–H groups in total. The third kappa shape index (κ3) is 1.81. The SMILES string of the molecule is CC(C)c1cn2cc(C(=O)CN)cnc2n1. The van der Waals surface area contributed by atoms with Crippen LogP contribution in [-0.4, -0.2) is 26.7 Å². The second-order valence-electron chi connectivity index (χ2n) is 4.00. The van der Waals surface area contributed by atoms with Gasteiger partial charge in [0.25, 0.3) is 0 Å². The smallest absolute Gasteiger partial charge is 0.233 e. The monoisotopic (exact) mass is 218 g/mol. The molecule has 0 aliphatic heterocycles. The Morgan fingerprint density at radius 1 is 1.50 bits per heavy atom. The van der Waals surface area contributed by atoms with Gasteiger partial charge in [-0.25, -0.2) is 9.97 Å².